The molecule has 0 aliphatic heterocycles. The van der Waals surface area contributed by atoms with Gasteiger partial charge in [-0.05, 0) is 25.1 Å². The van der Waals surface area contributed by atoms with E-state index in [4.69, 9.17) is 10.2 Å². The third-order valence-corrected chi connectivity index (χ3v) is 3.99. The van der Waals surface area contributed by atoms with Gasteiger partial charge in [-0.2, -0.15) is 5.10 Å². The molecule has 130 valence electrons. The van der Waals surface area contributed by atoms with Gasteiger partial charge < -0.3 is 14.8 Å². The highest BCUT2D eigenvalue weighted by Crippen LogP contribution is 2.26. The smallest absolute Gasteiger partial charge is 0.341 e. The molecule has 0 saturated heterocycles. The van der Waals surface area contributed by atoms with Crippen molar-refractivity contribution in [2.24, 2.45) is 0 Å². The zero-order valence-corrected chi connectivity index (χ0v) is 13.4. The number of halogens is 1. The Balaban J connectivity index is 2.26. The highest BCUT2D eigenvalue weighted by atomic mass is 19.1. The molecule has 0 amide bonds. The molecule has 0 atom stereocenters. The maximum absolute atomic E-state index is 14.6. The van der Waals surface area contributed by atoms with E-state index in [0.29, 0.717) is 17.8 Å². The number of carbonyl (C=O) groups is 1. The number of carboxylic acids is 1. The molecule has 0 spiro atoms. The molecule has 0 radical (unpaired) electrons. The van der Waals surface area contributed by atoms with Gasteiger partial charge in [-0.3, -0.25) is 9.48 Å². The predicted octanol–water partition coefficient (Wildman–Crippen LogP) is 1.71. The van der Waals surface area contributed by atoms with Crippen LogP contribution in [0.1, 0.15) is 17.3 Å². The standard InChI is InChI=1S/C17H16FN3O4/c1-2-20-9-12(17(24)25)16(23)11-7-13(18)10(8-15(11)20)14-3-4-21(19-14)5-6-22/h3-4,7-9,22H,2,5-6H2,1H3,(H,24,25). The van der Waals surface area contributed by atoms with Gasteiger partial charge in [0.05, 0.1) is 24.4 Å². The second-order valence-electron chi connectivity index (χ2n) is 5.50. The van der Waals surface area contributed by atoms with Crippen molar-refractivity contribution >= 4 is 16.9 Å². The lowest BCUT2D eigenvalue weighted by atomic mass is 10.1. The van der Waals surface area contributed by atoms with Crippen molar-refractivity contribution in [1.29, 1.82) is 0 Å². The number of carboxylic acid groups (broad SMARTS) is 1. The fraction of sp³-hybridized carbons (Fsp3) is 0.235. The average Bonchev–Trinajstić information content (AvgIpc) is 3.03. The van der Waals surface area contributed by atoms with Gasteiger partial charge in [0.2, 0.25) is 5.43 Å². The summed E-state index contributed by atoms with van der Waals surface area (Å²) in [5.41, 5.74) is -0.109. The molecule has 2 aromatic heterocycles. The van der Waals surface area contributed by atoms with Gasteiger partial charge in [0.15, 0.2) is 0 Å². The second-order valence-corrected chi connectivity index (χ2v) is 5.50. The van der Waals surface area contributed by atoms with Gasteiger partial charge in [-0.25, -0.2) is 9.18 Å². The Labute approximate surface area is 141 Å². The largest absolute Gasteiger partial charge is 0.477 e. The van der Waals surface area contributed by atoms with Gasteiger partial charge in [0, 0.05) is 29.9 Å². The molecule has 8 heteroatoms. The Kier molecular flexibility index (Phi) is 4.37. The van der Waals surface area contributed by atoms with E-state index in [1.54, 1.807) is 23.8 Å². The summed E-state index contributed by atoms with van der Waals surface area (Å²) >= 11 is 0. The molecule has 0 bridgehead atoms. The number of hydrogen-bond donors (Lipinski definition) is 2. The minimum absolute atomic E-state index is 0.0118. The first-order chi connectivity index (χ1) is 12.0. The lowest BCUT2D eigenvalue weighted by Gasteiger charge is -2.12. The van der Waals surface area contributed by atoms with Crippen molar-refractivity contribution in [3.05, 3.63) is 52.2 Å². The van der Waals surface area contributed by atoms with Crippen LogP contribution in [0, 0.1) is 5.82 Å². The number of aliphatic hydroxyl groups is 1. The number of aryl methyl sites for hydroxylation is 1. The zero-order chi connectivity index (χ0) is 18.1. The Morgan fingerprint density at radius 1 is 1.36 bits per heavy atom. The molecule has 7 nitrogen and oxygen atoms in total. The van der Waals surface area contributed by atoms with Gasteiger partial charge in [0.25, 0.3) is 0 Å². The van der Waals surface area contributed by atoms with Crippen LogP contribution in [-0.2, 0) is 13.1 Å². The highest BCUT2D eigenvalue weighted by Gasteiger charge is 2.18. The minimum Gasteiger partial charge on any atom is -0.477 e. The van der Waals surface area contributed by atoms with Crippen molar-refractivity contribution in [3.63, 3.8) is 0 Å². The van der Waals surface area contributed by atoms with E-state index in [2.05, 4.69) is 5.10 Å². The number of pyridine rings is 1. The van der Waals surface area contributed by atoms with Crippen LogP contribution in [-0.4, -0.2) is 37.1 Å². The van der Waals surface area contributed by atoms with Crippen molar-refractivity contribution < 1.29 is 19.4 Å². The van der Waals surface area contributed by atoms with Crippen LogP contribution in [0.4, 0.5) is 4.39 Å². The predicted molar refractivity (Wildman–Crippen MR) is 89.1 cm³/mol. The van der Waals surface area contributed by atoms with Crippen LogP contribution in [0.5, 0.6) is 0 Å². The first-order valence-electron chi connectivity index (χ1n) is 7.71. The molecule has 0 aliphatic rings. The molecule has 1 aromatic carbocycles. The molecule has 0 unspecified atom stereocenters. The minimum atomic E-state index is -1.35. The summed E-state index contributed by atoms with van der Waals surface area (Å²) in [6, 6.07) is 4.16. The van der Waals surface area contributed by atoms with E-state index in [1.165, 1.54) is 16.9 Å². The third-order valence-electron chi connectivity index (χ3n) is 3.99. The summed E-state index contributed by atoms with van der Waals surface area (Å²) in [6.45, 7) is 2.42. The van der Waals surface area contributed by atoms with Gasteiger partial charge in [-0.15, -0.1) is 0 Å². The van der Waals surface area contributed by atoms with Crippen LogP contribution < -0.4 is 5.43 Å². The average molecular weight is 345 g/mol. The molecule has 2 heterocycles. The van der Waals surface area contributed by atoms with E-state index in [9.17, 15) is 14.0 Å². The van der Waals surface area contributed by atoms with E-state index >= 15 is 0 Å². The molecule has 25 heavy (non-hydrogen) atoms. The summed E-state index contributed by atoms with van der Waals surface area (Å²) in [4.78, 5) is 23.6. The van der Waals surface area contributed by atoms with E-state index in [1.807, 2.05) is 0 Å². The molecule has 2 N–H and O–H groups in total. The summed E-state index contributed by atoms with van der Waals surface area (Å²) in [5, 5.41) is 22.3. The number of aliphatic hydroxyl groups excluding tert-OH is 1. The number of fused-ring (bicyclic) bond motifs is 1. The van der Waals surface area contributed by atoms with Crippen molar-refractivity contribution in [2.75, 3.05) is 6.61 Å². The van der Waals surface area contributed by atoms with E-state index in [0.717, 1.165) is 6.07 Å². The number of benzene rings is 1. The summed E-state index contributed by atoms with van der Waals surface area (Å²) in [6.07, 6.45) is 2.88. The van der Waals surface area contributed by atoms with E-state index < -0.39 is 22.8 Å². The van der Waals surface area contributed by atoms with Crippen LogP contribution in [0.3, 0.4) is 0 Å². The first-order valence-corrected chi connectivity index (χ1v) is 7.71. The van der Waals surface area contributed by atoms with Gasteiger partial charge >= 0.3 is 5.97 Å². The lowest BCUT2D eigenvalue weighted by Crippen LogP contribution is -2.19. The number of aromatic carboxylic acids is 1. The molecule has 3 aromatic rings. The van der Waals surface area contributed by atoms with Crippen molar-refractivity contribution in [3.8, 4) is 11.3 Å². The number of rotatable bonds is 5. The van der Waals surface area contributed by atoms with Gasteiger partial charge in [-0.1, -0.05) is 0 Å². The molecular weight excluding hydrogens is 329 g/mol. The maximum Gasteiger partial charge on any atom is 0.341 e. The number of aromatic nitrogens is 3. The van der Waals surface area contributed by atoms with Crippen molar-refractivity contribution in [2.45, 2.75) is 20.0 Å². The fourth-order valence-electron chi connectivity index (χ4n) is 2.75. The van der Waals surface area contributed by atoms with Crippen molar-refractivity contribution in [1.82, 2.24) is 14.3 Å². The summed E-state index contributed by atoms with van der Waals surface area (Å²) < 4.78 is 17.6. The number of hydrogen-bond acceptors (Lipinski definition) is 4. The Morgan fingerprint density at radius 2 is 2.12 bits per heavy atom. The van der Waals surface area contributed by atoms with E-state index in [-0.39, 0.29) is 24.1 Å². The Hall–Kier alpha value is -3.00. The Bertz CT molecular complexity index is 1020. The monoisotopic (exact) mass is 345 g/mol. The molecule has 0 saturated carbocycles. The van der Waals surface area contributed by atoms with Crippen LogP contribution in [0.15, 0.2) is 35.4 Å². The quantitative estimate of drug-likeness (QED) is 0.734. The fourth-order valence-corrected chi connectivity index (χ4v) is 2.75. The normalized spacial score (nSPS) is 11.2. The lowest BCUT2D eigenvalue weighted by molar-refractivity contribution is 0.0695. The highest BCUT2D eigenvalue weighted by molar-refractivity contribution is 5.93. The second kappa shape index (κ2) is 6.48. The number of nitrogens with zero attached hydrogens (tertiary/aromatic N) is 3. The van der Waals surface area contributed by atoms with Crippen LogP contribution in [0.25, 0.3) is 22.2 Å². The maximum atomic E-state index is 14.6. The summed E-state index contributed by atoms with van der Waals surface area (Å²) in [7, 11) is 0. The van der Waals surface area contributed by atoms with Crippen LogP contribution >= 0.6 is 0 Å². The molecule has 3 rings (SSSR count). The zero-order valence-electron chi connectivity index (χ0n) is 13.4. The molecular formula is C17H16FN3O4. The molecule has 0 aliphatic carbocycles. The third kappa shape index (κ3) is 2.91. The molecule has 0 fully saturated rings. The summed E-state index contributed by atoms with van der Waals surface area (Å²) in [5.74, 6) is -2.01. The Morgan fingerprint density at radius 3 is 2.76 bits per heavy atom. The van der Waals surface area contributed by atoms with Crippen LogP contribution in [0.2, 0.25) is 0 Å². The SMILES string of the molecule is CCn1cc(C(=O)O)c(=O)c2cc(F)c(-c3ccn(CCO)n3)cc21. The first kappa shape index (κ1) is 16.8. The topological polar surface area (TPSA) is 97.4 Å². The van der Waals surface area contributed by atoms with Gasteiger partial charge in [0.1, 0.15) is 11.4 Å².